The van der Waals surface area contributed by atoms with Crippen molar-refractivity contribution < 1.29 is 36.8 Å². The Kier molecular flexibility index (Phi) is 7.13. The first-order valence-corrected chi connectivity index (χ1v) is 3.97. The molecule has 0 aromatic rings. The van der Waals surface area contributed by atoms with E-state index in [1.165, 1.54) is 6.42 Å². The molecular formula is C6H13BCuO4. The molecule has 0 heterocycles. The van der Waals surface area contributed by atoms with Crippen molar-refractivity contribution in [1.82, 2.24) is 0 Å². The number of hydrogen-bond donors (Lipinski definition) is 2. The molecule has 0 saturated heterocycles. The van der Waals surface area contributed by atoms with Crippen molar-refractivity contribution in [2.24, 2.45) is 0 Å². The Labute approximate surface area is 82.8 Å². The van der Waals surface area contributed by atoms with Crippen molar-refractivity contribution in [2.45, 2.75) is 38.2 Å². The molecule has 0 atom stereocenters. The molecule has 0 unspecified atom stereocenters. The van der Waals surface area contributed by atoms with Crippen LogP contribution in [0.1, 0.15) is 32.1 Å². The minimum Gasteiger partial charge on any atom is -0.400 e. The summed E-state index contributed by atoms with van der Waals surface area (Å²) in [6.45, 7) is 0. The van der Waals surface area contributed by atoms with E-state index >= 15 is 0 Å². The van der Waals surface area contributed by atoms with Gasteiger partial charge < -0.3 is 10.0 Å². The standard InChI is InChI=1S/C6H13BO4.Cu/c8-7(9)11-10-6-4-2-1-3-5-6;/h6,8-9H,1-5H2;. The van der Waals surface area contributed by atoms with E-state index in [0.29, 0.717) is 0 Å². The van der Waals surface area contributed by atoms with E-state index in [-0.39, 0.29) is 23.2 Å². The summed E-state index contributed by atoms with van der Waals surface area (Å²) in [6, 6.07) is 0. The van der Waals surface area contributed by atoms with Crippen LogP contribution in [0.3, 0.4) is 0 Å². The summed E-state index contributed by atoms with van der Waals surface area (Å²) >= 11 is 0. The minimum absolute atomic E-state index is 0. The van der Waals surface area contributed by atoms with Gasteiger partial charge in [0.25, 0.3) is 0 Å². The van der Waals surface area contributed by atoms with Gasteiger partial charge in [-0.05, 0) is 12.8 Å². The molecule has 1 rings (SSSR count). The van der Waals surface area contributed by atoms with Crippen LogP contribution in [-0.2, 0) is 26.8 Å². The summed E-state index contributed by atoms with van der Waals surface area (Å²) in [5.74, 6) is 0. The van der Waals surface area contributed by atoms with Gasteiger partial charge in [0.15, 0.2) is 0 Å². The van der Waals surface area contributed by atoms with Gasteiger partial charge in [-0.2, -0.15) is 0 Å². The van der Waals surface area contributed by atoms with Crippen LogP contribution >= 0.6 is 0 Å². The van der Waals surface area contributed by atoms with Gasteiger partial charge in [-0.3, -0.25) is 0 Å². The molecule has 4 nitrogen and oxygen atoms in total. The molecule has 12 heavy (non-hydrogen) atoms. The van der Waals surface area contributed by atoms with Crippen LogP contribution in [0, 0.1) is 0 Å². The molecule has 1 aliphatic carbocycles. The molecule has 2 N–H and O–H groups in total. The second-order valence-corrected chi connectivity index (χ2v) is 2.78. The van der Waals surface area contributed by atoms with Crippen molar-refractivity contribution in [3.8, 4) is 0 Å². The Morgan fingerprint density at radius 2 is 1.67 bits per heavy atom. The van der Waals surface area contributed by atoms with E-state index < -0.39 is 7.32 Å². The quantitative estimate of drug-likeness (QED) is 0.409. The second-order valence-electron chi connectivity index (χ2n) is 2.78. The monoisotopic (exact) mass is 223 g/mol. The molecular weight excluding hydrogens is 210 g/mol. The van der Waals surface area contributed by atoms with Crippen LogP contribution in [0.15, 0.2) is 0 Å². The zero-order valence-electron chi connectivity index (χ0n) is 6.70. The molecule has 0 amide bonds. The fourth-order valence-electron chi connectivity index (χ4n) is 1.29. The fraction of sp³-hybridized carbons (Fsp3) is 1.00. The molecule has 0 aromatic heterocycles. The van der Waals surface area contributed by atoms with Crippen molar-refractivity contribution >= 4 is 7.32 Å². The van der Waals surface area contributed by atoms with Gasteiger partial charge in [0.1, 0.15) is 0 Å². The van der Waals surface area contributed by atoms with Crippen molar-refractivity contribution in [2.75, 3.05) is 0 Å². The van der Waals surface area contributed by atoms with Crippen molar-refractivity contribution in [3.05, 3.63) is 0 Å². The zero-order chi connectivity index (χ0) is 8.10. The van der Waals surface area contributed by atoms with E-state index in [1.54, 1.807) is 0 Å². The van der Waals surface area contributed by atoms with Crippen molar-refractivity contribution in [1.29, 1.82) is 0 Å². The molecule has 0 aliphatic heterocycles. The summed E-state index contributed by atoms with van der Waals surface area (Å²) in [4.78, 5) is 8.94. The predicted octanol–water partition coefficient (Wildman–Crippen LogP) is 0.234. The first-order chi connectivity index (χ1) is 5.29. The van der Waals surface area contributed by atoms with E-state index in [2.05, 4.69) is 4.81 Å². The van der Waals surface area contributed by atoms with Gasteiger partial charge in [-0.25, -0.2) is 9.69 Å². The molecule has 1 radical (unpaired) electrons. The number of rotatable bonds is 3. The summed E-state index contributed by atoms with van der Waals surface area (Å²) in [7, 11) is -1.81. The summed E-state index contributed by atoms with van der Waals surface area (Å²) in [5, 5.41) is 16.6. The normalized spacial score (nSPS) is 18.5. The van der Waals surface area contributed by atoms with Crippen molar-refractivity contribution in [3.63, 3.8) is 0 Å². The zero-order valence-corrected chi connectivity index (χ0v) is 7.64. The third-order valence-corrected chi connectivity index (χ3v) is 1.83. The molecule has 1 saturated carbocycles. The van der Waals surface area contributed by atoms with Gasteiger partial charge >= 0.3 is 7.32 Å². The van der Waals surface area contributed by atoms with Gasteiger partial charge in [0.05, 0.1) is 6.10 Å². The first-order valence-electron chi connectivity index (χ1n) is 3.97. The van der Waals surface area contributed by atoms with Crippen LogP contribution in [0.5, 0.6) is 0 Å². The van der Waals surface area contributed by atoms with E-state index in [9.17, 15) is 0 Å². The average Bonchev–Trinajstić information content (AvgIpc) is 2.03. The minimum atomic E-state index is -1.81. The van der Waals surface area contributed by atoms with E-state index in [4.69, 9.17) is 14.9 Å². The van der Waals surface area contributed by atoms with Gasteiger partial charge in [0.2, 0.25) is 0 Å². The largest absolute Gasteiger partial charge is 0.662 e. The van der Waals surface area contributed by atoms with Gasteiger partial charge in [-0.1, -0.05) is 19.3 Å². The van der Waals surface area contributed by atoms with Crippen LogP contribution in [0.2, 0.25) is 0 Å². The van der Waals surface area contributed by atoms with Crippen LogP contribution < -0.4 is 0 Å². The SMILES string of the molecule is OB(O)OOC1CCCCC1.[Cu]. The molecule has 1 fully saturated rings. The smallest absolute Gasteiger partial charge is 0.400 e. The third kappa shape index (κ3) is 5.14. The first kappa shape index (κ1) is 12.4. The maximum absolute atomic E-state index is 8.29. The van der Waals surface area contributed by atoms with Crippen LogP contribution in [-0.4, -0.2) is 23.5 Å². The Balaban J connectivity index is 0.00000121. The Morgan fingerprint density at radius 3 is 2.17 bits per heavy atom. The second kappa shape index (κ2) is 6.89. The summed E-state index contributed by atoms with van der Waals surface area (Å²) in [5.41, 5.74) is 0. The summed E-state index contributed by atoms with van der Waals surface area (Å²) < 4.78 is 0. The van der Waals surface area contributed by atoms with Crippen LogP contribution in [0.4, 0.5) is 0 Å². The molecule has 0 bridgehead atoms. The Morgan fingerprint density at radius 1 is 1.08 bits per heavy atom. The molecule has 75 valence electrons. The van der Waals surface area contributed by atoms with Gasteiger partial charge in [0, 0.05) is 17.1 Å². The fourth-order valence-corrected chi connectivity index (χ4v) is 1.29. The molecule has 6 heteroatoms. The topological polar surface area (TPSA) is 58.9 Å². The molecule has 0 spiro atoms. The van der Waals surface area contributed by atoms with Gasteiger partial charge in [-0.15, -0.1) is 0 Å². The average molecular weight is 224 g/mol. The number of hydrogen-bond acceptors (Lipinski definition) is 4. The maximum Gasteiger partial charge on any atom is 0.662 e. The molecule has 0 aromatic carbocycles. The van der Waals surface area contributed by atoms with E-state index in [1.807, 2.05) is 0 Å². The maximum atomic E-state index is 8.29. The summed E-state index contributed by atoms with van der Waals surface area (Å²) in [6.07, 6.45) is 5.46. The predicted molar refractivity (Wildman–Crippen MR) is 39.2 cm³/mol. The Hall–Kier alpha value is 0.424. The Bertz CT molecular complexity index is 108. The van der Waals surface area contributed by atoms with E-state index in [0.717, 1.165) is 25.7 Å². The third-order valence-electron chi connectivity index (χ3n) is 1.83. The molecule has 1 aliphatic rings. The van der Waals surface area contributed by atoms with Crippen LogP contribution in [0.25, 0.3) is 0 Å².